The zero-order valence-corrected chi connectivity index (χ0v) is 14.1. The fourth-order valence-electron chi connectivity index (χ4n) is 2.76. The summed E-state index contributed by atoms with van der Waals surface area (Å²) in [7, 11) is 0. The SMILES string of the molecule is CCCCC(C)CN1CCCCC1.Cc1ccc(F)cc1. The molecular weight excluding hydrogens is 261 g/mol. The first-order chi connectivity index (χ1) is 10.1. The molecule has 0 amide bonds. The third-order valence-electron chi connectivity index (χ3n) is 4.08. The number of likely N-dealkylation sites (tertiary alicyclic amines) is 1. The minimum atomic E-state index is -0.171. The van der Waals surface area contributed by atoms with E-state index in [9.17, 15) is 4.39 Å². The summed E-state index contributed by atoms with van der Waals surface area (Å²) in [4.78, 5) is 2.66. The highest BCUT2D eigenvalue weighted by Crippen LogP contribution is 2.14. The number of unbranched alkanes of at least 4 members (excludes halogenated alkanes) is 1. The molecule has 2 heteroatoms. The van der Waals surface area contributed by atoms with Gasteiger partial charge in [-0.25, -0.2) is 4.39 Å². The lowest BCUT2D eigenvalue weighted by molar-refractivity contribution is 0.196. The number of piperidine rings is 1. The molecule has 0 aliphatic carbocycles. The highest BCUT2D eigenvalue weighted by molar-refractivity contribution is 5.13. The van der Waals surface area contributed by atoms with Gasteiger partial charge in [-0.1, -0.05) is 50.8 Å². The van der Waals surface area contributed by atoms with E-state index >= 15 is 0 Å². The molecule has 120 valence electrons. The summed E-state index contributed by atoms with van der Waals surface area (Å²) >= 11 is 0. The van der Waals surface area contributed by atoms with Gasteiger partial charge in [-0.2, -0.15) is 0 Å². The minimum absolute atomic E-state index is 0.171. The van der Waals surface area contributed by atoms with Crippen molar-refractivity contribution >= 4 is 0 Å². The van der Waals surface area contributed by atoms with Crippen LogP contribution in [0.4, 0.5) is 4.39 Å². The number of benzene rings is 1. The molecule has 1 heterocycles. The Labute approximate surface area is 130 Å². The molecule has 1 unspecified atom stereocenters. The predicted molar refractivity (Wildman–Crippen MR) is 90.1 cm³/mol. The fourth-order valence-corrected chi connectivity index (χ4v) is 2.76. The lowest BCUT2D eigenvalue weighted by Gasteiger charge is -2.29. The Hall–Kier alpha value is -0.890. The molecule has 21 heavy (non-hydrogen) atoms. The molecule has 1 aromatic carbocycles. The van der Waals surface area contributed by atoms with Crippen LogP contribution in [0.1, 0.15) is 57.9 Å². The number of aryl methyl sites for hydroxylation is 1. The molecule has 1 saturated heterocycles. The van der Waals surface area contributed by atoms with Crippen molar-refractivity contribution in [2.75, 3.05) is 19.6 Å². The van der Waals surface area contributed by atoms with Crippen molar-refractivity contribution in [2.24, 2.45) is 5.92 Å². The summed E-state index contributed by atoms with van der Waals surface area (Å²) in [5.41, 5.74) is 1.09. The second-order valence-corrected chi connectivity index (χ2v) is 6.40. The Kier molecular flexibility index (Phi) is 9.32. The van der Waals surface area contributed by atoms with E-state index in [-0.39, 0.29) is 5.82 Å². The van der Waals surface area contributed by atoms with E-state index in [2.05, 4.69) is 18.7 Å². The van der Waals surface area contributed by atoms with Gasteiger partial charge in [0.05, 0.1) is 0 Å². The van der Waals surface area contributed by atoms with Crippen molar-refractivity contribution < 1.29 is 4.39 Å². The van der Waals surface area contributed by atoms with Crippen LogP contribution in [0.2, 0.25) is 0 Å². The largest absolute Gasteiger partial charge is 0.303 e. The maximum atomic E-state index is 12.1. The summed E-state index contributed by atoms with van der Waals surface area (Å²) in [6.07, 6.45) is 8.51. The summed E-state index contributed by atoms with van der Waals surface area (Å²) in [5, 5.41) is 0. The molecule has 2 rings (SSSR count). The molecule has 1 nitrogen and oxygen atoms in total. The molecular formula is C19H32FN. The number of halogens is 1. The van der Waals surface area contributed by atoms with Gasteiger partial charge in [0.2, 0.25) is 0 Å². The van der Waals surface area contributed by atoms with Gasteiger partial charge in [0.25, 0.3) is 0 Å². The third kappa shape index (κ3) is 8.87. The second-order valence-electron chi connectivity index (χ2n) is 6.40. The van der Waals surface area contributed by atoms with E-state index in [1.807, 2.05) is 6.92 Å². The smallest absolute Gasteiger partial charge is 0.123 e. The molecule has 0 aromatic heterocycles. The number of rotatable bonds is 5. The fraction of sp³-hybridized carbons (Fsp3) is 0.684. The average molecular weight is 293 g/mol. The molecule has 1 aliphatic rings. The molecule has 0 saturated carbocycles. The maximum absolute atomic E-state index is 12.1. The van der Waals surface area contributed by atoms with Crippen LogP contribution in [0, 0.1) is 18.7 Å². The minimum Gasteiger partial charge on any atom is -0.303 e. The molecule has 1 aliphatic heterocycles. The van der Waals surface area contributed by atoms with Crippen molar-refractivity contribution in [2.45, 2.75) is 59.3 Å². The van der Waals surface area contributed by atoms with Crippen molar-refractivity contribution in [1.29, 1.82) is 0 Å². The molecule has 0 radical (unpaired) electrons. The second kappa shape index (κ2) is 10.8. The first kappa shape index (κ1) is 18.2. The molecule has 1 aromatic rings. The van der Waals surface area contributed by atoms with Crippen LogP contribution >= 0.6 is 0 Å². The predicted octanol–water partition coefficient (Wildman–Crippen LogP) is 5.43. The van der Waals surface area contributed by atoms with Crippen LogP contribution in [-0.4, -0.2) is 24.5 Å². The van der Waals surface area contributed by atoms with Crippen LogP contribution in [0.5, 0.6) is 0 Å². The van der Waals surface area contributed by atoms with Crippen LogP contribution in [0.3, 0.4) is 0 Å². The molecule has 1 fully saturated rings. The van der Waals surface area contributed by atoms with E-state index in [1.54, 1.807) is 12.1 Å². The van der Waals surface area contributed by atoms with Crippen molar-refractivity contribution in [1.82, 2.24) is 4.90 Å². The average Bonchev–Trinajstić information content (AvgIpc) is 2.50. The lowest BCUT2D eigenvalue weighted by atomic mass is 10.0. The zero-order chi connectivity index (χ0) is 15.5. The van der Waals surface area contributed by atoms with Crippen LogP contribution in [-0.2, 0) is 0 Å². The first-order valence-corrected chi connectivity index (χ1v) is 8.56. The molecule has 1 atom stereocenters. The van der Waals surface area contributed by atoms with Gasteiger partial charge in [-0.05, 0) is 57.3 Å². The monoisotopic (exact) mass is 293 g/mol. The zero-order valence-electron chi connectivity index (χ0n) is 14.1. The van der Waals surface area contributed by atoms with E-state index < -0.39 is 0 Å². The summed E-state index contributed by atoms with van der Waals surface area (Å²) in [5.74, 6) is 0.744. The summed E-state index contributed by atoms with van der Waals surface area (Å²) in [6, 6.07) is 6.40. The van der Waals surface area contributed by atoms with E-state index in [1.165, 1.54) is 70.3 Å². The number of hydrogen-bond acceptors (Lipinski definition) is 1. The Morgan fingerprint density at radius 1 is 1.10 bits per heavy atom. The lowest BCUT2D eigenvalue weighted by Crippen LogP contribution is -2.33. The third-order valence-corrected chi connectivity index (χ3v) is 4.08. The quantitative estimate of drug-likeness (QED) is 0.699. The van der Waals surface area contributed by atoms with E-state index in [4.69, 9.17) is 0 Å². The normalized spacial score (nSPS) is 17.0. The molecule has 0 spiro atoms. The molecule has 0 bridgehead atoms. The van der Waals surface area contributed by atoms with Crippen molar-refractivity contribution in [3.8, 4) is 0 Å². The van der Waals surface area contributed by atoms with Crippen LogP contribution in [0.15, 0.2) is 24.3 Å². The topological polar surface area (TPSA) is 3.24 Å². The number of hydrogen-bond donors (Lipinski definition) is 0. The van der Waals surface area contributed by atoms with Gasteiger partial charge in [-0.15, -0.1) is 0 Å². The van der Waals surface area contributed by atoms with Crippen LogP contribution < -0.4 is 0 Å². The highest BCUT2D eigenvalue weighted by Gasteiger charge is 2.12. The number of nitrogens with zero attached hydrogens (tertiary/aromatic N) is 1. The Morgan fingerprint density at radius 3 is 2.24 bits per heavy atom. The molecule has 0 N–H and O–H groups in total. The van der Waals surface area contributed by atoms with Gasteiger partial charge in [-0.3, -0.25) is 0 Å². The van der Waals surface area contributed by atoms with Crippen molar-refractivity contribution in [3.63, 3.8) is 0 Å². The van der Waals surface area contributed by atoms with Gasteiger partial charge in [0.15, 0.2) is 0 Å². The van der Waals surface area contributed by atoms with Crippen molar-refractivity contribution in [3.05, 3.63) is 35.6 Å². The standard InChI is InChI=1S/C12H25N.C7H7F/c1-3-4-8-12(2)11-13-9-6-5-7-10-13;1-6-2-4-7(8)5-3-6/h12H,3-11H2,1-2H3;2-5H,1H3. The van der Waals surface area contributed by atoms with E-state index in [0.29, 0.717) is 0 Å². The van der Waals surface area contributed by atoms with E-state index in [0.717, 1.165) is 11.5 Å². The first-order valence-electron chi connectivity index (χ1n) is 8.56. The van der Waals surface area contributed by atoms with Gasteiger partial charge < -0.3 is 4.90 Å². The Balaban J connectivity index is 0.000000235. The van der Waals surface area contributed by atoms with Crippen LogP contribution in [0.25, 0.3) is 0 Å². The van der Waals surface area contributed by atoms with Gasteiger partial charge in [0, 0.05) is 6.54 Å². The maximum Gasteiger partial charge on any atom is 0.123 e. The summed E-state index contributed by atoms with van der Waals surface area (Å²) in [6.45, 7) is 10.7. The van der Waals surface area contributed by atoms with Gasteiger partial charge >= 0.3 is 0 Å². The van der Waals surface area contributed by atoms with Gasteiger partial charge in [0.1, 0.15) is 5.82 Å². The highest BCUT2D eigenvalue weighted by atomic mass is 19.1. The summed E-state index contributed by atoms with van der Waals surface area (Å²) < 4.78 is 12.1. The Bertz CT molecular complexity index is 333. The Morgan fingerprint density at radius 2 is 1.71 bits per heavy atom.